The first-order valence-corrected chi connectivity index (χ1v) is 4.86. The van der Waals surface area contributed by atoms with Crippen LogP contribution in [0.4, 0.5) is 0 Å². The van der Waals surface area contributed by atoms with E-state index in [0.717, 1.165) is 6.42 Å². The van der Waals surface area contributed by atoms with Gasteiger partial charge in [-0.3, -0.25) is 0 Å². The first-order valence-electron chi connectivity index (χ1n) is 4.86. The van der Waals surface area contributed by atoms with Crippen LogP contribution in [0, 0.1) is 5.92 Å². The Hall–Kier alpha value is -0.850. The lowest BCUT2D eigenvalue weighted by molar-refractivity contribution is -0.117. The lowest BCUT2D eigenvalue weighted by Crippen LogP contribution is -2.00. The monoisotopic (exact) mass is 180 g/mol. The molecule has 0 fully saturated rings. The molecular formula is C12H20O. The van der Waals surface area contributed by atoms with Crippen LogP contribution in [0.1, 0.15) is 40.5 Å². The summed E-state index contributed by atoms with van der Waals surface area (Å²) in [5, 5.41) is 0. The molecule has 0 spiro atoms. The minimum Gasteiger partial charge on any atom is -0.300 e. The fourth-order valence-corrected chi connectivity index (χ4v) is 1.06. The van der Waals surface area contributed by atoms with Gasteiger partial charge >= 0.3 is 0 Å². The second kappa shape index (κ2) is 6.64. The summed E-state index contributed by atoms with van der Waals surface area (Å²) in [4.78, 5) is 10.8. The SMILES string of the molecule is C/C=C\C=C(/C)C(C)CCC(C)=O. The molecule has 0 heterocycles. The van der Waals surface area contributed by atoms with E-state index >= 15 is 0 Å². The highest BCUT2D eigenvalue weighted by Crippen LogP contribution is 2.15. The van der Waals surface area contributed by atoms with E-state index in [1.165, 1.54) is 5.57 Å². The van der Waals surface area contributed by atoms with Gasteiger partial charge in [0.2, 0.25) is 0 Å². The minimum atomic E-state index is 0.283. The van der Waals surface area contributed by atoms with E-state index in [2.05, 4.69) is 19.9 Å². The molecule has 0 aliphatic rings. The zero-order chi connectivity index (χ0) is 10.3. The van der Waals surface area contributed by atoms with Crippen molar-refractivity contribution >= 4 is 5.78 Å². The molecular weight excluding hydrogens is 160 g/mol. The molecule has 0 aliphatic carbocycles. The van der Waals surface area contributed by atoms with Gasteiger partial charge < -0.3 is 4.79 Å². The van der Waals surface area contributed by atoms with Gasteiger partial charge in [0.05, 0.1) is 0 Å². The molecule has 1 unspecified atom stereocenters. The van der Waals surface area contributed by atoms with Gasteiger partial charge in [-0.05, 0) is 33.1 Å². The van der Waals surface area contributed by atoms with Gasteiger partial charge in [0.1, 0.15) is 5.78 Å². The molecule has 74 valence electrons. The zero-order valence-electron chi connectivity index (χ0n) is 9.13. The first-order chi connectivity index (χ1) is 6.07. The maximum atomic E-state index is 10.8. The van der Waals surface area contributed by atoms with Gasteiger partial charge in [-0.1, -0.05) is 30.7 Å². The van der Waals surface area contributed by atoms with Crippen LogP contribution in [0.5, 0.6) is 0 Å². The smallest absolute Gasteiger partial charge is 0.129 e. The maximum Gasteiger partial charge on any atom is 0.129 e. The molecule has 0 saturated heterocycles. The molecule has 0 radical (unpaired) electrons. The van der Waals surface area contributed by atoms with Crippen LogP contribution >= 0.6 is 0 Å². The lowest BCUT2D eigenvalue weighted by atomic mass is 9.96. The summed E-state index contributed by atoms with van der Waals surface area (Å²) >= 11 is 0. The summed E-state index contributed by atoms with van der Waals surface area (Å²) in [7, 11) is 0. The number of hydrogen-bond acceptors (Lipinski definition) is 1. The Morgan fingerprint density at radius 1 is 1.38 bits per heavy atom. The van der Waals surface area contributed by atoms with Crippen molar-refractivity contribution in [3.8, 4) is 0 Å². The van der Waals surface area contributed by atoms with Crippen LogP contribution in [0.3, 0.4) is 0 Å². The van der Waals surface area contributed by atoms with Crippen LogP contribution in [0.25, 0.3) is 0 Å². The number of Topliss-reactive ketones (excluding diaryl/α,β-unsaturated/α-hetero) is 1. The Balaban J connectivity index is 3.95. The second-order valence-electron chi connectivity index (χ2n) is 3.58. The largest absolute Gasteiger partial charge is 0.300 e. The van der Waals surface area contributed by atoms with Crippen molar-refractivity contribution in [2.75, 3.05) is 0 Å². The van der Waals surface area contributed by atoms with Gasteiger partial charge in [0.15, 0.2) is 0 Å². The van der Waals surface area contributed by atoms with Gasteiger partial charge in [-0.25, -0.2) is 0 Å². The standard InChI is InChI=1S/C12H20O/c1-5-6-7-10(2)11(3)8-9-12(4)13/h5-7,11H,8-9H2,1-4H3/b6-5-,10-7+. The third-order valence-electron chi connectivity index (χ3n) is 2.26. The van der Waals surface area contributed by atoms with Crippen molar-refractivity contribution in [2.45, 2.75) is 40.5 Å². The van der Waals surface area contributed by atoms with Crippen LogP contribution in [-0.4, -0.2) is 5.78 Å². The third-order valence-corrected chi connectivity index (χ3v) is 2.26. The third kappa shape index (κ3) is 6.32. The maximum absolute atomic E-state index is 10.8. The lowest BCUT2D eigenvalue weighted by Gasteiger charge is -2.09. The number of carbonyl (C=O) groups excluding carboxylic acids is 1. The number of rotatable bonds is 5. The van der Waals surface area contributed by atoms with Crippen molar-refractivity contribution in [2.24, 2.45) is 5.92 Å². The summed E-state index contributed by atoms with van der Waals surface area (Å²) in [6.07, 6.45) is 7.84. The van der Waals surface area contributed by atoms with Gasteiger partial charge in [0, 0.05) is 6.42 Å². The molecule has 0 aromatic heterocycles. The summed E-state index contributed by atoms with van der Waals surface area (Å²) < 4.78 is 0. The second-order valence-corrected chi connectivity index (χ2v) is 3.58. The predicted octanol–water partition coefficient (Wildman–Crippen LogP) is 3.51. The highest BCUT2D eigenvalue weighted by molar-refractivity contribution is 5.75. The zero-order valence-corrected chi connectivity index (χ0v) is 9.13. The van der Waals surface area contributed by atoms with Crippen molar-refractivity contribution in [1.82, 2.24) is 0 Å². The van der Waals surface area contributed by atoms with E-state index in [9.17, 15) is 4.79 Å². The highest BCUT2D eigenvalue weighted by atomic mass is 16.1. The molecule has 1 heteroatoms. The Bertz CT molecular complexity index is 211. The Labute approximate surface area is 81.5 Å². The average Bonchev–Trinajstić information content (AvgIpc) is 2.10. The Morgan fingerprint density at radius 2 is 2.00 bits per heavy atom. The number of ketones is 1. The molecule has 0 bridgehead atoms. The normalized spacial score (nSPS) is 14.9. The minimum absolute atomic E-state index is 0.283. The van der Waals surface area contributed by atoms with Crippen LogP contribution in [-0.2, 0) is 4.79 Å². The molecule has 13 heavy (non-hydrogen) atoms. The van der Waals surface area contributed by atoms with E-state index in [-0.39, 0.29) is 5.78 Å². The van der Waals surface area contributed by atoms with E-state index in [1.807, 2.05) is 19.1 Å². The highest BCUT2D eigenvalue weighted by Gasteiger charge is 2.04. The fraction of sp³-hybridized carbons (Fsp3) is 0.583. The van der Waals surface area contributed by atoms with E-state index in [4.69, 9.17) is 0 Å². The van der Waals surface area contributed by atoms with Crippen LogP contribution in [0.15, 0.2) is 23.8 Å². The molecule has 0 aliphatic heterocycles. The predicted molar refractivity (Wildman–Crippen MR) is 57.7 cm³/mol. The van der Waals surface area contributed by atoms with Gasteiger partial charge in [0.25, 0.3) is 0 Å². The van der Waals surface area contributed by atoms with Crippen LogP contribution < -0.4 is 0 Å². The van der Waals surface area contributed by atoms with Crippen molar-refractivity contribution in [1.29, 1.82) is 0 Å². The summed E-state index contributed by atoms with van der Waals surface area (Å²) in [6, 6.07) is 0. The topological polar surface area (TPSA) is 17.1 Å². The molecule has 0 N–H and O–H groups in total. The summed E-state index contributed by atoms with van der Waals surface area (Å²) in [5.41, 5.74) is 1.35. The number of carbonyl (C=O) groups is 1. The molecule has 1 atom stereocenters. The van der Waals surface area contributed by atoms with Crippen LogP contribution in [0.2, 0.25) is 0 Å². The van der Waals surface area contributed by atoms with Gasteiger partial charge in [-0.15, -0.1) is 0 Å². The molecule has 0 aromatic carbocycles. The average molecular weight is 180 g/mol. The Morgan fingerprint density at radius 3 is 2.46 bits per heavy atom. The number of allylic oxidation sites excluding steroid dienone is 4. The molecule has 0 rings (SSSR count). The first kappa shape index (κ1) is 12.2. The number of hydrogen-bond donors (Lipinski definition) is 0. The molecule has 0 aromatic rings. The molecule has 0 amide bonds. The Kier molecular flexibility index (Phi) is 6.21. The van der Waals surface area contributed by atoms with Crippen molar-refractivity contribution < 1.29 is 4.79 Å². The van der Waals surface area contributed by atoms with E-state index in [1.54, 1.807) is 6.92 Å². The summed E-state index contributed by atoms with van der Waals surface area (Å²) in [6.45, 7) is 7.94. The fourth-order valence-electron chi connectivity index (χ4n) is 1.06. The molecule has 0 saturated carbocycles. The van der Waals surface area contributed by atoms with Crippen molar-refractivity contribution in [3.63, 3.8) is 0 Å². The van der Waals surface area contributed by atoms with E-state index < -0.39 is 0 Å². The quantitative estimate of drug-likeness (QED) is 0.592. The van der Waals surface area contributed by atoms with E-state index in [0.29, 0.717) is 12.3 Å². The van der Waals surface area contributed by atoms with Crippen molar-refractivity contribution in [3.05, 3.63) is 23.8 Å². The molecule has 1 nitrogen and oxygen atoms in total. The summed E-state index contributed by atoms with van der Waals surface area (Å²) in [5.74, 6) is 0.797. The van der Waals surface area contributed by atoms with Gasteiger partial charge in [-0.2, -0.15) is 0 Å².